The van der Waals surface area contributed by atoms with E-state index >= 15 is 0 Å². The number of amides is 1. The van der Waals surface area contributed by atoms with Crippen LogP contribution in [0.5, 0.6) is 5.75 Å². The van der Waals surface area contributed by atoms with Gasteiger partial charge >= 0.3 is 5.76 Å². The fourth-order valence-corrected chi connectivity index (χ4v) is 3.37. The third kappa shape index (κ3) is 3.81. The molecule has 0 spiro atoms. The van der Waals surface area contributed by atoms with Gasteiger partial charge in [-0.1, -0.05) is 47.6 Å². The molecule has 4 aromatic rings. The topological polar surface area (TPSA) is 97.2 Å². The Balaban J connectivity index is 1.44. The number of nitrogens with one attached hydrogen (secondary N) is 2. The van der Waals surface area contributed by atoms with E-state index in [0.717, 1.165) is 15.2 Å². The molecule has 0 aliphatic rings. The average molecular weight is 440 g/mol. The minimum Gasteiger partial charge on any atom is -0.483 e. The maximum atomic E-state index is 12.3. The van der Waals surface area contributed by atoms with Gasteiger partial charge in [0.15, 0.2) is 12.4 Å². The van der Waals surface area contributed by atoms with Crippen LogP contribution in [0.2, 0.25) is 0 Å². The number of aromatic amines is 1. The minimum atomic E-state index is -0.640. The summed E-state index contributed by atoms with van der Waals surface area (Å²) in [5.41, 5.74) is 1.16. The van der Waals surface area contributed by atoms with Gasteiger partial charge in [-0.2, -0.15) is 0 Å². The predicted molar refractivity (Wildman–Crippen MR) is 108 cm³/mol. The number of halogens is 1. The number of fused-ring (bicyclic) bond motifs is 1. The molecule has 2 N–H and O–H groups in total. The number of nitrogens with zero attached hydrogens (tertiary/aromatic N) is 1. The van der Waals surface area contributed by atoms with Crippen LogP contribution in [-0.4, -0.2) is 22.7 Å². The molecule has 0 atom stereocenters. The van der Waals surface area contributed by atoms with Gasteiger partial charge in [-0.15, -0.1) is 0 Å². The molecule has 0 aliphatic heterocycles. The maximum absolute atomic E-state index is 12.3. The molecule has 140 valence electrons. The van der Waals surface area contributed by atoms with E-state index in [1.165, 1.54) is 0 Å². The fraction of sp³-hybridized carbons (Fsp3) is 0.0500. The zero-order valence-corrected chi connectivity index (χ0v) is 16.0. The van der Waals surface area contributed by atoms with E-state index in [9.17, 15) is 9.59 Å². The molecule has 3 aromatic carbocycles. The van der Waals surface area contributed by atoms with E-state index in [0.29, 0.717) is 17.0 Å². The van der Waals surface area contributed by atoms with Crippen LogP contribution >= 0.6 is 15.9 Å². The SMILES string of the molecule is O=C(COc1ccc2ccccc2c1Br)Nc1cccc(-c2noc(=O)[nH]2)c1. The molecule has 8 heteroatoms. The van der Waals surface area contributed by atoms with E-state index in [2.05, 4.69) is 35.9 Å². The zero-order chi connectivity index (χ0) is 19.5. The Labute approximate surface area is 167 Å². The largest absolute Gasteiger partial charge is 0.483 e. The van der Waals surface area contributed by atoms with E-state index < -0.39 is 5.76 Å². The molecule has 0 saturated heterocycles. The summed E-state index contributed by atoms with van der Waals surface area (Å²) >= 11 is 3.53. The van der Waals surface area contributed by atoms with Crippen molar-refractivity contribution in [1.82, 2.24) is 10.1 Å². The number of hydrogen-bond donors (Lipinski definition) is 2. The van der Waals surface area contributed by atoms with Crippen molar-refractivity contribution in [3.8, 4) is 17.1 Å². The summed E-state index contributed by atoms with van der Waals surface area (Å²) in [4.78, 5) is 25.8. The lowest BCUT2D eigenvalue weighted by atomic mass is 10.1. The first kappa shape index (κ1) is 18.0. The Morgan fingerprint density at radius 3 is 2.82 bits per heavy atom. The van der Waals surface area contributed by atoms with Crippen LogP contribution in [0.3, 0.4) is 0 Å². The molecule has 0 fully saturated rings. The first-order valence-corrected chi connectivity index (χ1v) is 9.16. The number of anilines is 1. The van der Waals surface area contributed by atoms with Crippen molar-refractivity contribution in [2.45, 2.75) is 0 Å². The molecule has 1 aromatic heterocycles. The van der Waals surface area contributed by atoms with Gasteiger partial charge in [0.25, 0.3) is 5.91 Å². The third-order valence-corrected chi connectivity index (χ3v) is 4.86. The second-order valence-corrected chi connectivity index (χ2v) is 6.75. The fourth-order valence-electron chi connectivity index (χ4n) is 2.76. The number of aromatic nitrogens is 2. The summed E-state index contributed by atoms with van der Waals surface area (Å²) in [6.07, 6.45) is 0. The van der Waals surface area contributed by atoms with Crippen LogP contribution in [0.1, 0.15) is 0 Å². The molecular weight excluding hydrogens is 426 g/mol. The van der Waals surface area contributed by atoms with Crippen LogP contribution in [0, 0.1) is 0 Å². The number of benzene rings is 3. The van der Waals surface area contributed by atoms with Gasteiger partial charge in [0, 0.05) is 11.3 Å². The Kier molecular flexibility index (Phi) is 4.94. The highest BCUT2D eigenvalue weighted by Crippen LogP contribution is 2.33. The van der Waals surface area contributed by atoms with Crippen LogP contribution in [0.25, 0.3) is 22.2 Å². The Hall–Kier alpha value is -3.39. The summed E-state index contributed by atoms with van der Waals surface area (Å²) < 4.78 is 11.0. The van der Waals surface area contributed by atoms with Crippen LogP contribution in [0.4, 0.5) is 5.69 Å². The summed E-state index contributed by atoms with van der Waals surface area (Å²) in [6.45, 7) is -0.151. The molecule has 0 aliphatic carbocycles. The van der Waals surface area contributed by atoms with Gasteiger partial charge < -0.3 is 10.1 Å². The predicted octanol–water partition coefficient (Wildman–Crippen LogP) is 3.96. The van der Waals surface area contributed by atoms with Gasteiger partial charge in [0.1, 0.15) is 5.75 Å². The van der Waals surface area contributed by atoms with E-state index in [4.69, 9.17) is 4.74 Å². The first-order chi connectivity index (χ1) is 13.6. The Bertz CT molecular complexity index is 1220. The number of ether oxygens (including phenoxy) is 1. The van der Waals surface area contributed by atoms with Crippen molar-refractivity contribution in [3.05, 3.63) is 75.7 Å². The number of carbonyl (C=O) groups excluding carboxylic acids is 1. The molecule has 0 radical (unpaired) electrons. The van der Waals surface area contributed by atoms with Crippen molar-refractivity contribution >= 4 is 38.3 Å². The minimum absolute atomic E-state index is 0.151. The Morgan fingerprint density at radius 1 is 1.14 bits per heavy atom. The molecule has 1 heterocycles. The van der Waals surface area contributed by atoms with Crippen molar-refractivity contribution in [2.75, 3.05) is 11.9 Å². The summed E-state index contributed by atoms with van der Waals surface area (Å²) in [5, 5.41) is 8.47. The molecule has 0 bridgehead atoms. The molecule has 4 rings (SSSR count). The van der Waals surface area contributed by atoms with Crippen molar-refractivity contribution in [2.24, 2.45) is 0 Å². The Morgan fingerprint density at radius 2 is 2.00 bits per heavy atom. The maximum Gasteiger partial charge on any atom is 0.439 e. The second-order valence-electron chi connectivity index (χ2n) is 5.96. The lowest BCUT2D eigenvalue weighted by molar-refractivity contribution is -0.118. The van der Waals surface area contributed by atoms with Crippen molar-refractivity contribution in [3.63, 3.8) is 0 Å². The van der Waals surface area contributed by atoms with Crippen LogP contribution in [-0.2, 0) is 4.79 Å². The average Bonchev–Trinajstić information content (AvgIpc) is 3.14. The molecule has 0 unspecified atom stereocenters. The smallest absolute Gasteiger partial charge is 0.439 e. The third-order valence-electron chi connectivity index (χ3n) is 4.05. The summed E-state index contributed by atoms with van der Waals surface area (Å²) in [5.74, 6) is -0.0788. The van der Waals surface area contributed by atoms with Gasteiger partial charge in [0.2, 0.25) is 0 Å². The number of H-pyrrole nitrogens is 1. The summed E-state index contributed by atoms with van der Waals surface area (Å²) in [6, 6.07) is 18.5. The quantitative estimate of drug-likeness (QED) is 0.490. The van der Waals surface area contributed by atoms with E-state index in [1.54, 1.807) is 24.3 Å². The van der Waals surface area contributed by atoms with Crippen molar-refractivity contribution in [1.29, 1.82) is 0 Å². The van der Waals surface area contributed by atoms with Gasteiger partial charge in [-0.05, 0) is 44.9 Å². The molecular formula is C20H14BrN3O4. The first-order valence-electron chi connectivity index (χ1n) is 8.36. The molecule has 1 amide bonds. The molecule has 7 nitrogen and oxygen atoms in total. The lowest BCUT2D eigenvalue weighted by Crippen LogP contribution is -2.20. The van der Waals surface area contributed by atoms with Crippen molar-refractivity contribution < 1.29 is 14.1 Å². The van der Waals surface area contributed by atoms with Gasteiger partial charge in [-0.25, -0.2) is 4.79 Å². The zero-order valence-electron chi connectivity index (χ0n) is 14.4. The number of hydrogen-bond acceptors (Lipinski definition) is 5. The standard InChI is InChI=1S/C20H14BrN3O4/c21-18-15-7-2-1-4-12(15)8-9-16(18)27-11-17(25)22-14-6-3-5-13(10-14)19-23-20(26)28-24-19/h1-10H,11H2,(H,22,25)(H,23,24,26). The van der Waals surface area contributed by atoms with E-state index in [-0.39, 0.29) is 18.3 Å². The second kappa shape index (κ2) is 7.69. The van der Waals surface area contributed by atoms with Gasteiger partial charge in [0.05, 0.1) is 4.47 Å². The molecule has 28 heavy (non-hydrogen) atoms. The lowest BCUT2D eigenvalue weighted by Gasteiger charge is -2.11. The van der Waals surface area contributed by atoms with E-state index in [1.807, 2.05) is 36.4 Å². The molecule has 0 saturated carbocycles. The monoisotopic (exact) mass is 439 g/mol. The van der Waals surface area contributed by atoms with Crippen LogP contribution in [0.15, 0.2) is 74.5 Å². The number of rotatable bonds is 5. The van der Waals surface area contributed by atoms with Crippen LogP contribution < -0.4 is 15.8 Å². The highest BCUT2D eigenvalue weighted by atomic mass is 79.9. The number of carbonyl (C=O) groups is 1. The highest BCUT2D eigenvalue weighted by Gasteiger charge is 2.10. The normalized spacial score (nSPS) is 10.8. The highest BCUT2D eigenvalue weighted by molar-refractivity contribution is 9.10. The van der Waals surface area contributed by atoms with Gasteiger partial charge in [-0.3, -0.25) is 14.3 Å². The summed E-state index contributed by atoms with van der Waals surface area (Å²) in [7, 11) is 0.